The number of hydrogen-bond donors (Lipinski definition) is 1. The molecule has 0 aliphatic heterocycles. The number of nitrogens with one attached hydrogen (secondary N) is 1. The maximum Gasteiger partial charge on any atom is 0.103 e. The Kier molecular flexibility index (Phi) is 4.46. The van der Waals surface area contributed by atoms with E-state index in [0.29, 0.717) is 6.04 Å². The van der Waals surface area contributed by atoms with E-state index in [9.17, 15) is 0 Å². The Morgan fingerprint density at radius 2 is 2.19 bits per heavy atom. The summed E-state index contributed by atoms with van der Waals surface area (Å²) in [5.74, 6) is 1.11. The largest absolute Gasteiger partial charge is 0.469 e. The van der Waals surface area contributed by atoms with E-state index in [0.717, 1.165) is 18.2 Å². The molecule has 1 unspecified atom stereocenters. The molecule has 2 nitrogen and oxygen atoms in total. The van der Waals surface area contributed by atoms with Gasteiger partial charge < -0.3 is 9.73 Å². The van der Waals surface area contributed by atoms with Gasteiger partial charge in [0.15, 0.2) is 0 Å². The number of hydrogen-bond acceptors (Lipinski definition) is 2. The predicted molar refractivity (Wildman–Crippen MR) is 66.5 cm³/mol. The summed E-state index contributed by atoms with van der Waals surface area (Å²) >= 11 is 0. The molecule has 0 radical (unpaired) electrons. The summed E-state index contributed by atoms with van der Waals surface area (Å²) in [5, 5.41) is 3.74. The number of furan rings is 1. The van der Waals surface area contributed by atoms with Gasteiger partial charge in [0, 0.05) is 18.5 Å². The van der Waals surface area contributed by atoms with Crippen molar-refractivity contribution >= 4 is 0 Å². The zero-order valence-corrected chi connectivity index (χ0v) is 10.2. The first-order valence-corrected chi connectivity index (χ1v) is 6.63. The molecule has 2 rings (SSSR count). The van der Waals surface area contributed by atoms with Gasteiger partial charge in [-0.05, 0) is 38.3 Å². The smallest absolute Gasteiger partial charge is 0.103 e. The van der Waals surface area contributed by atoms with Crippen LogP contribution in [0.15, 0.2) is 22.8 Å². The SMILES string of the molecule is CC(CCc1ccco1)NC1CCCCC1. The molecule has 0 spiro atoms. The van der Waals surface area contributed by atoms with Crippen LogP contribution >= 0.6 is 0 Å². The van der Waals surface area contributed by atoms with E-state index in [1.165, 1.54) is 38.5 Å². The zero-order chi connectivity index (χ0) is 11.2. The fourth-order valence-electron chi connectivity index (χ4n) is 2.57. The molecule has 0 saturated heterocycles. The van der Waals surface area contributed by atoms with Crippen molar-refractivity contribution < 1.29 is 4.42 Å². The molecule has 1 saturated carbocycles. The summed E-state index contributed by atoms with van der Waals surface area (Å²) in [7, 11) is 0. The van der Waals surface area contributed by atoms with Crippen molar-refractivity contribution in [2.24, 2.45) is 0 Å². The predicted octanol–water partition coefficient (Wildman–Crippen LogP) is 3.52. The van der Waals surface area contributed by atoms with Gasteiger partial charge in [-0.1, -0.05) is 19.3 Å². The van der Waals surface area contributed by atoms with E-state index >= 15 is 0 Å². The van der Waals surface area contributed by atoms with E-state index in [1.807, 2.05) is 6.07 Å². The second-order valence-electron chi connectivity index (χ2n) is 5.02. The van der Waals surface area contributed by atoms with Crippen LogP contribution < -0.4 is 5.32 Å². The lowest BCUT2D eigenvalue weighted by atomic mass is 9.94. The van der Waals surface area contributed by atoms with Crippen LogP contribution in [0, 0.1) is 0 Å². The Bertz CT molecular complexity index is 275. The average Bonchev–Trinajstić information content (AvgIpc) is 2.81. The van der Waals surface area contributed by atoms with Gasteiger partial charge >= 0.3 is 0 Å². The molecule has 0 amide bonds. The molecule has 0 bridgehead atoms. The quantitative estimate of drug-likeness (QED) is 0.823. The standard InChI is InChI=1S/C14H23NO/c1-12(9-10-14-8-5-11-16-14)15-13-6-3-2-4-7-13/h5,8,11-13,15H,2-4,6-7,9-10H2,1H3. The van der Waals surface area contributed by atoms with Gasteiger partial charge in [-0.3, -0.25) is 0 Å². The third kappa shape index (κ3) is 3.67. The summed E-state index contributed by atoms with van der Waals surface area (Å²) in [6.45, 7) is 2.29. The summed E-state index contributed by atoms with van der Waals surface area (Å²) in [5.41, 5.74) is 0. The van der Waals surface area contributed by atoms with Crippen LogP contribution in [-0.4, -0.2) is 12.1 Å². The van der Waals surface area contributed by atoms with Crippen LogP contribution in [0.2, 0.25) is 0 Å². The highest BCUT2D eigenvalue weighted by atomic mass is 16.3. The Balaban J connectivity index is 1.65. The van der Waals surface area contributed by atoms with Crippen LogP contribution in [0.3, 0.4) is 0 Å². The number of rotatable bonds is 5. The molecular formula is C14H23NO. The van der Waals surface area contributed by atoms with Crippen LogP contribution in [0.25, 0.3) is 0 Å². The van der Waals surface area contributed by atoms with Crippen LogP contribution in [0.1, 0.15) is 51.2 Å². The van der Waals surface area contributed by atoms with Crippen molar-refractivity contribution in [1.29, 1.82) is 0 Å². The molecular weight excluding hydrogens is 198 g/mol. The summed E-state index contributed by atoms with van der Waals surface area (Å²) in [6.07, 6.45) is 11.0. The summed E-state index contributed by atoms with van der Waals surface area (Å²) < 4.78 is 5.35. The fraction of sp³-hybridized carbons (Fsp3) is 0.714. The molecule has 1 aliphatic rings. The molecule has 1 N–H and O–H groups in total. The minimum atomic E-state index is 0.605. The molecule has 90 valence electrons. The highest BCUT2D eigenvalue weighted by Gasteiger charge is 2.15. The second kappa shape index (κ2) is 6.09. The minimum Gasteiger partial charge on any atom is -0.469 e. The van der Waals surface area contributed by atoms with E-state index in [1.54, 1.807) is 6.26 Å². The fourth-order valence-corrected chi connectivity index (χ4v) is 2.57. The van der Waals surface area contributed by atoms with Crippen LogP contribution in [-0.2, 0) is 6.42 Å². The van der Waals surface area contributed by atoms with Crippen molar-refractivity contribution in [2.75, 3.05) is 0 Å². The Morgan fingerprint density at radius 1 is 1.38 bits per heavy atom. The van der Waals surface area contributed by atoms with Gasteiger partial charge in [0.2, 0.25) is 0 Å². The van der Waals surface area contributed by atoms with Crippen molar-refractivity contribution in [3.8, 4) is 0 Å². The van der Waals surface area contributed by atoms with E-state index < -0.39 is 0 Å². The summed E-state index contributed by atoms with van der Waals surface area (Å²) in [6, 6.07) is 5.40. The molecule has 1 atom stereocenters. The topological polar surface area (TPSA) is 25.2 Å². The lowest BCUT2D eigenvalue weighted by molar-refractivity contribution is 0.333. The molecule has 1 fully saturated rings. The lowest BCUT2D eigenvalue weighted by Crippen LogP contribution is -2.37. The molecule has 1 heterocycles. The monoisotopic (exact) mass is 221 g/mol. The van der Waals surface area contributed by atoms with Gasteiger partial charge in [0.25, 0.3) is 0 Å². The third-order valence-electron chi connectivity index (χ3n) is 3.53. The minimum absolute atomic E-state index is 0.605. The van der Waals surface area contributed by atoms with Gasteiger partial charge in [-0.15, -0.1) is 0 Å². The first kappa shape index (κ1) is 11.7. The van der Waals surface area contributed by atoms with Crippen molar-refractivity contribution in [1.82, 2.24) is 5.32 Å². The van der Waals surface area contributed by atoms with Crippen molar-refractivity contribution in [2.45, 2.75) is 64.0 Å². The van der Waals surface area contributed by atoms with Crippen molar-refractivity contribution in [3.63, 3.8) is 0 Å². The van der Waals surface area contributed by atoms with Gasteiger partial charge in [0.05, 0.1) is 6.26 Å². The first-order valence-electron chi connectivity index (χ1n) is 6.63. The molecule has 1 aliphatic carbocycles. The molecule has 16 heavy (non-hydrogen) atoms. The highest BCUT2D eigenvalue weighted by Crippen LogP contribution is 2.18. The summed E-state index contributed by atoms with van der Waals surface area (Å²) in [4.78, 5) is 0. The maximum absolute atomic E-state index is 5.35. The first-order chi connectivity index (χ1) is 7.84. The Labute approximate surface area is 98.4 Å². The highest BCUT2D eigenvalue weighted by molar-refractivity contribution is 4.98. The Hall–Kier alpha value is -0.760. The third-order valence-corrected chi connectivity index (χ3v) is 3.53. The second-order valence-corrected chi connectivity index (χ2v) is 5.02. The molecule has 1 aromatic rings. The molecule has 0 aromatic carbocycles. The van der Waals surface area contributed by atoms with Gasteiger partial charge in [-0.25, -0.2) is 0 Å². The van der Waals surface area contributed by atoms with Gasteiger partial charge in [-0.2, -0.15) is 0 Å². The average molecular weight is 221 g/mol. The van der Waals surface area contributed by atoms with Crippen LogP contribution in [0.4, 0.5) is 0 Å². The number of aryl methyl sites for hydroxylation is 1. The normalized spacial score (nSPS) is 19.8. The zero-order valence-electron chi connectivity index (χ0n) is 10.2. The maximum atomic E-state index is 5.35. The Morgan fingerprint density at radius 3 is 2.88 bits per heavy atom. The van der Waals surface area contributed by atoms with E-state index in [2.05, 4.69) is 18.3 Å². The molecule has 2 heteroatoms. The van der Waals surface area contributed by atoms with Gasteiger partial charge in [0.1, 0.15) is 5.76 Å². The van der Waals surface area contributed by atoms with Crippen molar-refractivity contribution in [3.05, 3.63) is 24.2 Å². The molecule has 1 aromatic heterocycles. The van der Waals surface area contributed by atoms with E-state index in [4.69, 9.17) is 4.42 Å². The van der Waals surface area contributed by atoms with Crippen LogP contribution in [0.5, 0.6) is 0 Å². The lowest BCUT2D eigenvalue weighted by Gasteiger charge is -2.26. The van der Waals surface area contributed by atoms with E-state index in [-0.39, 0.29) is 0 Å².